The van der Waals surface area contributed by atoms with E-state index in [0.29, 0.717) is 0 Å². The monoisotopic (exact) mass is 195 g/mol. The molecule has 13 heavy (non-hydrogen) atoms. The lowest BCUT2D eigenvalue weighted by Gasteiger charge is -1.99. The topological polar surface area (TPSA) is 61.5 Å². The van der Waals surface area contributed by atoms with Crippen LogP contribution in [0.4, 0.5) is 0 Å². The van der Waals surface area contributed by atoms with Gasteiger partial charge in [0.2, 0.25) is 0 Å². The molecule has 0 rings (SSSR count). The summed E-state index contributed by atoms with van der Waals surface area (Å²) < 4.78 is 0. The largest absolute Gasteiger partial charge is 0.381 e. The zero-order valence-electron chi connectivity index (χ0n) is 9.09. The molecule has 0 aliphatic rings. The molecular formula is C9H29N3O. The summed E-state index contributed by atoms with van der Waals surface area (Å²) in [4.78, 5) is 1.68. The van der Waals surface area contributed by atoms with Gasteiger partial charge in [-0.25, -0.2) is 0 Å². The Kier molecular flexibility index (Phi) is 52.7. The predicted molar refractivity (Wildman–Crippen MR) is 61.8 cm³/mol. The molecule has 0 aliphatic carbocycles. The van der Waals surface area contributed by atoms with Crippen molar-refractivity contribution in [2.24, 2.45) is 5.73 Å². The number of nitrogens with one attached hydrogen (secondary N) is 1. The lowest BCUT2D eigenvalue weighted by molar-refractivity contribution is 0.157. The number of hydrogen-bond acceptors (Lipinski definition) is 4. The maximum absolute atomic E-state index is 8.07. The molecule has 0 atom stereocenters. The minimum absolute atomic E-state index is 0. The van der Waals surface area contributed by atoms with E-state index in [1.807, 2.05) is 14.0 Å². The highest BCUT2D eigenvalue weighted by atomic mass is 16.3. The fourth-order valence-corrected chi connectivity index (χ4v) is 0. The number of nitrogens with two attached hydrogens (primary N) is 1. The normalized spacial score (nSPS) is 7.38. The van der Waals surface area contributed by atoms with E-state index < -0.39 is 0 Å². The van der Waals surface area contributed by atoms with Crippen LogP contribution in [0.15, 0.2) is 0 Å². The van der Waals surface area contributed by atoms with E-state index in [4.69, 9.17) is 10.8 Å². The van der Waals surface area contributed by atoms with Crippen LogP contribution in [0.25, 0.3) is 0 Å². The fraction of sp³-hybridized carbons (Fsp3) is 1.00. The van der Waals surface area contributed by atoms with E-state index in [2.05, 4.69) is 12.2 Å². The smallest absolute Gasteiger partial charge is 0.0951 e. The first-order valence-corrected chi connectivity index (χ1v) is 4.20. The molecule has 0 saturated heterocycles. The Morgan fingerprint density at radius 2 is 1.46 bits per heavy atom. The van der Waals surface area contributed by atoms with Gasteiger partial charge in [0.25, 0.3) is 0 Å². The van der Waals surface area contributed by atoms with Gasteiger partial charge in [0.1, 0.15) is 0 Å². The second-order valence-electron chi connectivity index (χ2n) is 2.34. The Morgan fingerprint density at radius 3 is 1.46 bits per heavy atom. The Hall–Kier alpha value is -0.160. The highest BCUT2D eigenvalue weighted by molar-refractivity contribution is 4.16. The Labute approximate surface area is 84.1 Å². The van der Waals surface area contributed by atoms with Crippen LogP contribution in [0.5, 0.6) is 0 Å². The van der Waals surface area contributed by atoms with Gasteiger partial charge in [-0.15, -0.1) is 0 Å². The van der Waals surface area contributed by atoms with Crippen LogP contribution in [0.1, 0.15) is 21.3 Å². The molecule has 0 aromatic heterocycles. The summed E-state index contributed by atoms with van der Waals surface area (Å²) >= 11 is 0. The molecule has 0 unspecified atom stereocenters. The van der Waals surface area contributed by atoms with Crippen molar-refractivity contribution in [3.8, 4) is 0 Å². The van der Waals surface area contributed by atoms with Gasteiger partial charge in [-0.3, -0.25) is 4.90 Å². The molecule has 0 amide bonds. The molecule has 4 nitrogen and oxygen atoms in total. The first kappa shape index (κ1) is 23.0. The van der Waals surface area contributed by atoms with Gasteiger partial charge in [0, 0.05) is 0 Å². The van der Waals surface area contributed by atoms with Crippen molar-refractivity contribution in [1.82, 2.24) is 10.2 Å². The zero-order chi connectivity index (χ0) is 10.4. The van der Waals surface area contributed by atoms with Crippen molar-refractivity contribution < 1.29 is 5.11 Å². The first-order chi connectivity index (χ1) is 5.60. The van der Waals surface area contributed by atoms with Gasteiger partial charge in [0.15, 0.2) is 0 Å². The van der Waals surface area contributed by atoms with E-state index in [0.717, 1.165) is 13.1 Å². The van der Waals surface area contributed by atoms with Crippen molar-refractivity contribution in [3.63, 3.8) is 0 Å². The van der Waals surface area contributed by atoms with Crippen molar-refractivity contribution in [2.45, 2.75) is 21.3 Å². The molecule has 0 aromatic rings. The van der Waals surface area contributed by atoms with Crippen molar-refractivity contribution in [1.29, 1.82) is 0 Å². The standard InChI is InChI=1S/C3H9NO.C3H9N.C2H7N.CH4/c1-4(2)3-5;1-3-4-2;1-2-3;/h5H,3H2,1-2H3;4H,3H2,1-2H3;2-3H2,1H3;1H4. The minimum atomic E-state index is 0. The number of nitrogens with zero attached hydrogens (tertiary/aromatic N) is 1. The van der Waals surface area contributed by atoms with Gasteiger partial charge in [-0.05, 0) is 34.2 Å². The Morgan fingerprint density at radius 1 is 1.31 bits per heavy atom. The second kappa shape index (κ2) is 29.7. The quantitative estimate of drug-likeness (QED) is 0.556. The minimum Gasteiger partial charge on any atom is -0.381 e. The van der Waals surface area contributed by atoms with E-state index in [1.165, 1.54) is 0 Å². The maximum Gasteiger partial charge on any atom is 0.0951 e. The van der Waals surface area contributed by atoms with Crippen LogP contribution in [-0.2, 0) is 0 Å². The molecule has 0 spiro atoms. The van der Waals surface area contributed by atoms with E-state index in [9.17, 15) is 0 Å². The third-order valence-electron chi connectivity index (χ3n) is 0.636. The highest BCUT2D eigenvalue weighted by Crippen LogP contribution is 1.59. The number of aliphatic hydroxyl groups excluding tert-OH is 1. The van der Waals surface area contributed by atoms with Crippen LogP contribution < -0.4 is 11.1 Å². The summed E-state index contributed by atoms with van der Waals surface area (Å²) in [6.45, 7) is 5.93. The molecule has 4 N–H and O–H groups in total. The SMILES string of the molecule is C.CCN.CCNC.CN(C)CO. The van der Waals surface area contributed by atoms with Gasteiger partial charge >= 0.3 is 0 Å². The van der Waals surface area contributed by atoms with Crippen LogP contribution in [-0.4, -0.2) is 51.0 Å². The predicted octanol–water partition coefficient (Wildman–Crippen LogP) is 0.325. The second-order valence-corrected chi connectivity index (χ2v) is 2.34. The van der Waals surface area contributed by atoms with Crippen LogP contribution in [0, 0.1) is 0 Å². The average Bonchev–Trinajstić information content (AvgIpc) is 2.06. The molecule has 0 aromatic carbocycles. The molecule has 0 bridgehead atoms. The van der Waals surface area contributed by atoms with E-state index in [1.54, 1.807) is 19.0 Å². The van der Waals surface area contributed by atoms with Gasteiger partial charge in [0.05, 0.1) is 6.73 Å². The Bertz CT molecular complexity index is 50.1. The zero-order valence-corrected chi connectivity index (χ0v) is 9.09. The number of hydrogen-bond donors (Lipinski definition) is 3. The summed E-state index contributed by atoms with van der Waals surface area (Å²) in [5.41, 5.74) is 4.85. The molecule has 0 radical (unpaired) electrons. The highest BCUT2D eigenvalue weighted by Gasteiger charge is 1.73. The van der Waals surface area contributed by atoms with Crippen LogP contribution in [0.3, 0.4) is 0 Å². The summed E-state index contributed by atoms with van der Waals surface area (Å²) in [5.74, 6) is 0. The van der Waals surface area contributed by atoms with E-state index in [-0.39, 0.29) is 14.2 Å². The number of aliphatic hydroxyl groups is 1. The average molecular weight is 195 g/mol. The van der Waals surface area contributed by atoms with Gasteiger partial charge < -0.3 is 16.2 Å². The van der Waals surface area contributed by atoms with Gasteiger partial charge in [-0.1, -0.05) is 21.3 Å². The molecule has 4 heteroatoms. The molecule has 86 valence electrons. The summed E-state index contributed by atoms with van der Waals surface area (Å²) in [7, 11) is 5.54. The lowest BCUT2D eigenvalue weighted by Crippen LogP contribution is -2.11. The lowest BCUT2D eigenvalue weighted by atomic mass is 10.8. The van der Waals surface area contributed by atoms with E-state index >= 15 is 0 Å². The third-order valence-corrected chi connectivity index (χ3v) is 0.636. The van der Waals surface area contributed by atoms with Crippen molar-refractivity contribution in [2.75, 3.05) is 41.0 Å². The summed E-state index contributed by atoms with van der Waals surface area (Å²) in [5, 5.41) is 11.0. The number of rotatable bonds is 2. The first-order valence-electron chi connectivity index (χ1n) is 4.20. The molecule has 0 fully saturated rings. The maximum atomic E-state index is 8.07. The Balaban J connectivity index is -0.0000000465. The molecular weight excluding hydrogens is 166 g/mol. The summed E-state index contributed by atoms with van der Waals surface area (Å²) in [6, 6.07) is 0. The van der Waals surface area contributed by atoms with Crippen LogP contribution in [0.2, 0.25) is 0 Å². The van der Waals surface area contributed by atoms with Crippen LogP contribution >= 0.6 is 0 Å². The third kappa shape index (κ3) is 142. The van der Waals surface area contributed by atoms with Crippen molar-refractivity contribution >= 4 is 0 Å². The fourth-order valence-electron chi connectivity index (χ4n) is 0. The molecule has 0 heterocycles. The molecule has 0 saturated carbocycles. The van der Waals surface area contributed by atoms with Crippen molar-refractivity contribution in [3.05, 3.63) is 0 Å². The summed E-state index contributed by atoms with van der Waals surface area (Å²) in [6.07, 6.45) is 0. The van der Waals surface area contributed by atoms with Gasteiger partial charge in [-0.2, -0.15) is 0 Å². The molecule has 0 aliphatic heterocycles.